The second kappa shape index (κ2) is 17.3. The number of nitrogens with zero attached hydrogens (tertiary/aromatic N) is 6. The number of aromatic nitrogens is 6. The minimum absolute atomic E-state index is 0.606. The Hall–Kier alpha value is -10.2. The van der Waals surface area contributed by atoms with Gasteiger partial charge in [-0.05, 0) is 95.6 Å². The summed E-state index contributed by atoms with van der Waals surface area (Å²) in [5, 5.41) is 7.22. The summed E-state index contributed by atoms with van der Waals surface area (Å²) in [6, 6.07) is 95.5. The lowest BCUT2D eigenvalue weighted by molar-refractivity contribution is 1.07. The van der Waals surface area contributed by atoms with Gasteiger partial charge in [0.2, 0.25) is 0 Å². The number of para-hydroxylation sites is 5. The molecule has 6 heteroatoms. The van der Waals surface area contributed by atoms with Gasteiger partial charge in [0.15, 0.2) is 17.5 Å². The van der Waals surface area contributed by atoms with Crippen molar-refractivity contribution < 1.29 is 0 Å². The molecule has 0 saturated heterocycles. The zero-order valence-electron chi connectivity index (χ0n) is 40.6. The van der Waals surface area contributed by atoms with E-state index in [-0.39, 0.29) is 0 Å². The highest BCUT2D eigenvalue weighted by atomic mass is 15.0. The second-order valence-corrected chi connectivity index (χ2v) is 19.2. The van der Waals surface area contributed by atoms with E-state index in [4.69, 9.17) is 15.0 Å². The number of fused-ring (bicyclic) bond motifs is 9. The maximum Gasteiger partial charge on any atom is 0.164 e. The summed E-state index contributed by atoms with van der Waals surface area (Å²) in [5.41, 5.74) is 17.5. The molecule has 15 rings (SSSR count). The van der Waals surface area contributed by atoms with Gasteiger partial charge in [0.1, 0.15) is 0 Å². The van der Waals surface area contributed by atoms with Crippen LogP contribution in [0.2, 0.25) is 0 Å². The minimum Gasteiger partial charge on any atom is -0.309 e. The molecular weight excluding hydrogens is 913 g/mol. The van der Waals surface area contributed by atoms with Gasteiger partial charge in [0.25, 0.3) is 0 Å². The molecule has 0 aliphatic heterocycles. The third kappa shape index (κ3) is 6.99. The maximum absolute atomic E-state index is 5.19. The monoisotopic (exact) mass is 956 g/mol. The largest absolute Gasteiger partial charge is 0.309 e. The van der Waals surface area contributed by atoms with E-state index in [1.54, 1.807) is 0 Å². The molecule has 0 fully saturated rings. The van der Waals surface area contributed by atoms with Gasteiger partial charge in [-0.25, -0.2) is 15.0 Å². The Labute approximate surface area is 432 Å². The van der Waals surface area contributed by atoms with Crippen LogP contribution in [0.1, 0.15) is 0 Å². The average molecular weight is 957 g/mol. The van der Waals surface area contributed by atoms with Crippen LogP contribution in [0.5, 0.6) is 0 Å². The van der Waals surface area contributed by atoms with Crippen molar-refractivity contribution in [3.63, 3.8) is 0 Å². The molecule has 0 spiro atoms. The lowest BCUT2D eigenvalue weighted by Crippen LogP contribution is -2.02. The molecular formula is C69H44N6. The van der Waals surface area contributed by atoms with Gasteiger partial charge in [-0.2, -0.15) is 0 Å². The molecule has 4 heterocycles. The predicted octanol–water partition coefficient (Wildman–Crippen LogP) is 17.5. The fourth-order valence-corrected chi connectivity index (χ4v) is 11.5. The fourth-order valence-electron chi connectivity index (χ4n) is 11.5. The molecule has 0 aliphatic rings. The molecule has 0 unspecified atom stereocenters. The van der Waals surface area contributed by atoms with E-state index in [2.05, 4.69) is 244 Å². The lowest BCUT2D eigenvalue weighted by Gasteiger charge is -2.17. The molecule has 11 aromatic carbocycles. The smallest absolute Gasteiger partial charge is 0.164 e. The quantitative estimate of drug-likeness (QED) is 0.152. The third-order valence-electron chi connectivity index (χ3n) is 14.9. The van der Waals surface area contributed by atoms with Gasteiger partial charge in [-0.3, -0.25) is 0 Å². The zero-order valence-corrected chi connectivity index (χ0v) is 40.6. The van der Waals surface area contributed by atoms with E-state index in [0.29, 0.717) is 17.5 Å². The van der Waals surface area contributed by atoms with Crippen LogP contribution in [-0.2, 0) is 0 Å². The van der Waals surface area contributed by atoms with Gasteiger partial charge in [0, 0.05) is 65.9 Å². The van der Waals surface area contributed by atoms with Crippen LogP contribution in [0.15, 0.2) is 267 Å². The third-order valence-corrected chi connectivity index (χ3v) is 14.9. The predicted molar refractivity (Wildman–Crippen MR) is 310 cm³/mol. The van der Waals surface area contributed by atoms with E-state index in [1.807, 2.05) is 36.4 Å². The number of hydrogen-bond acceptors (Lipinski definition) is 3. The molecule has 75 heavy (non-hydrogen) atoms. The average Bonchev–Trinajstić information content (AvgIpc) is 4.14. The molecule has 0 radical (unpaired) electrons. The van der Waals surface area contributed by atoms with Crippen molar-refractivity contribution in [1.82, 2.24) is 28.7 Å². The van der Waals surface area contributed by atoms with E-state index in [1.165, 1.54) is 48.9 Å². The van der Waals surface area contributed by atoms with Crippen molar-refractivity contribution in [2.24, 2.45) is 0 Å². The molecule has 0 atom stereocenters. The van der Waals surface area contributed by atoms with Crippen molar-refractivity contribution in [3.05, 3.63) is 267 Å². The summed E-state index contributed by atoms with van der Waals surface area (Å²) in [4.78, 5) is 15.4. The van der Waals surface area contributed by atoms with E-state index in [9.17, 15) is 0 Å². The summed E-state index contributed by atoms with van der Waals surface area (Å²) < 4.78 is 7.21. The van der Waals surface area contributed by atoms with Crippen LogP contribution < -0.4 is 0 Å². The minimum atomic E-state index is 0.606. The summed E-state index contributed by atoms with van der Waals surface area (Å²) >= 11 is 0. The maximum atomic E-state index is 5.19. The molecule has 0 aliphatic carbocycles. The molecule has 0 bridgehead atoms. The van der Waals surface area contributed by atoms with Crippen LogP contribution >= 0.6 is 0 Å². The standard InChI is InChI=1S/C69H44N6/c1-5-19-45(20-6-1)67-70-68(46-21-7-2-8-22-46)72-69(71-67)50-34-37-53(65(44-50)75-61-31-17-13-27-54(61)55-28-14-18-32-62(55)75)49-36-40-64-59(42-49)57-38-33-48(43-66(57)74(64)52-25-11-4-12-26-52)47-35-39-63-58(41-47)56-29-15-16-30-60(56)73(63)51-23-9-3-10-24-51/h1-44H. The molecule has 0 amide bonds. The second-order valence-electron chi connectivity index (χ2n) is 19.2. The zero-order chi connectivity index (χ0) is 49.4. The Bertz CT molecular complexity index is 4580. The topological polar surface area (TPSA) is 53.5 Å². The summed E-state index contributed by atoms with van der Waals surface area (Å²) in [7, 11) is 0. The van der Waals surface area contributed by atoms with Gasteiger partial charge < -0.3 is 13.7 Å². The Morgan fingerprint density at radius 2 is 0.587 bits per heavy atom. The molecule has 350 valence electrons. The Balaban J connectivity index is 0.936. The summed E-state index contributed by atoms with van der Waals surface area (Å²) in [5.74, 6) is 1.86. The molecule has 0 saturated carbocycles. The van der Waals surface area contributed by atoms with Crippen molar-refractivity contribution in [1.29, 1.82) is 0 Å². The first-order valence-electron chi connectivity index (χ1n) is 25.4. The normalized spacial score (nSPS) is 11.7. The first-order chi connectivity index (χ1) is 37.2. The first-order valence-corrected chi connectivity index (χ1v) is 25.4. The summed E-state index contributed by atoms with van der Waals surface area (Å²) in [6.07, 6.45) is 0. The van der Waals surface area contributed by atoms with E-state index in [0.717, 1.165) is 72.5 Å². The fraction of sp³-hybridized carbons (Fsp3) is 0. The van der Waals surface area contributed by atoms with Crippen LogP contribution in [0.4, 0.5) is 0 Å². The Morgan fingerprint density at radius 3 is 1.15 bits per heavy atom. The van der Waals surface area contributed by atoms with Crippen LogP contribution in [-0.4, -0.2) is 28.7 Å². The SMILES string of the molecule is c1ccc(-c2nc(-c3ccccc3)nc(-c3ccc(-c4ccc5c(c4)c4ccc(-c6ccc7c(c6)c6ccccc6n7-c6ccccc6)cc4n5-c4ccccc4)c(-n4c5ccccc5c5ccccc54)c3)n2)cc1. The van der Waals surface area contributed by atoms with Crippen LogP contribution in [0.3, 0.4) is 0 Å². The van der Waals surface area contributed by atoms with Crippen molar-refractivity contribution in [2.75, 3.05) is 0 Å². The molecule has 0 N–H and O–H groups in total. The van der Waals surface area contributed by atoms with E-state index >= 15 is 0 Å². The molecule has 15 aromatic rings. The molecule has 6 nitrogen and oxygen atoms in total. The number of hydrogen-bond donors (Lipinski definition) is 0. The highest BCUT2D eigenvalue weighted by Crippen LogP contribution is 2.43. The molecule has 4 aromatic heterocycles. The highest BCUT2D eigenvalue weighted by molar-refractivity contribution is 6.14. The number of rotatable bonds is 8. The first kappa shape index (κ1) is 42.5. The van der Waals surface area contributed by atoms with Crippen molar-refractivity contribution in [3.8, 4) is 73.5 Å². The summed E-state index contributed by atoms with van der Waals surface area (Å²) in [6.45, 7) is 0. The van der Waals surface area contributed by atoms with Crippen LogP contribution in [0.25, 0.3) is 139 Å². The van der Waals surface area contributed by atoms with Gasteiger partial charge >= 0.3 is 0 Å². The van der Waals surface area contributed by atoms with Crippen molar-refractivity contribution >= 4 is 65.4 Å². The van der Waals surface area contributed by atoms with Gasteiger partial charge in [0.05, 0.1) is 38.8 Å². The van der Waals surface area contributed by atoms with Crippen LogP contribution in [0, 0.1) is 0 Å². The Kier molecular flexibility index (Phi) is 9.78. The number of benzene rings is 11. The van der Waals surface area contributed by atoms with Crippen molar-refractivity contribution in [2.45, 2.75) is 0 Å². The highest BCUT2D eigenvalue weighted by Gasteiger charge is 2.22. The lowest BCUT2D eigenvalue weighted by atomic mass is 9.98. The van der Waals surface area contributed by atoms with Gasteiger partial charge in [-0.1, -0.05) is 188 Å². The van der Waals surface area contributed by atoms with E-state index < -0.39 is 0 Å². The Morgan fingerprint density at radius 1 is 0.213 bits per heavy atom. The van der Waals surface area contributed by atoms with Gasteiger partial charge in [-0.15, -0.1) is 0 Å².